The second-order valence-electron chi connectivity index (χ2n) is 9.42. The lowest BCUT2D eigenvalue weighted by atomic mass is 10.0. The molecule has 0 atom stereocenters. The first-order chi connectivity index (χ1) is 18.3. The molecule has 4 heteroatoms. The largest absolute Gasteiger partial charge is 0.420 e. The highest BCUT2D eigenvalue weighted by Crippen LogP contribution is 2.35. The van der Waals surface area contributed by atoms with Gasteiger partial charge >= 0.3 is 5.63 Å². The number of benzene rings is 5. The van der Waals surface area contributed by atoms with Crippen molar-refractivity contribution in [3.8, 4) is 16.8 Å². The van der Waals surface area contributed by atoms with Crippen LogP contribution in [0.3, 0.4) is 0 Å². The van der Waals surface area contributed by atoms with Crippen LogP contribution < -0.4 is 5.63 Å². The average molecular weight is 477 g/mol. The smallest absolute Gasteiger partial charge is 0.360 e. The van der Waals surface area contributed by atoms with Crippen molar-refractivity contribution in [2.75, 3.05) is 0 Å². The summed E-state index contributed by atoms with van der Waals surface area (Å²) in [5, 5.41) is 3.41. The van der Waals surface area contributed by atoms with Gasteiger partial charge in [-0.25, -0.2) is 4.79 Å². The van der Waals surface area contributed by atoms with Crippen LogP contribution in [0.4, 0.5) is 0 Å². The molecule has 0 radical (unpaired) electrons. The molecule has 37 heavy (non-hydrogen) atoms. The molecular formula is C33H20N2O2. The van der Waals surface area contributed by atoms with Crippen LogP contribution in [0.2, 0.25) is 0 Å². The molecule has 5 aromatic carbocycles. The van der Waals surface area contributed by atoms with Crippen molar-refractivity contribution >= 4 is 49.3 Å². The molecule has 0 aliphatic heterocycles. The van der Waals surface area contributed by atoms with Crippen molar-refractivity contribution in [1.29, 1.82) is 0 Å². The Kier molecular flexibility index (Phi) is 4.06. The van der Waals surface area contributed by atoms with E-state index >= 15 is 0 Å². The van der Waals surface area contributed by atoms with E-state index in [4.69, 9.17) is 4.42 Å². The van der Waals surface area contributed by atoms with Gasteiger partial charge in [0.25, 0.3) is 0 Å². The summed E-state index contributed by atoms with van der Waals surface area (Å²) >= 11 is 0. The molecule has 0 fully saturated rings. The van der Waals surface area contributed by atoms with Crippen LogP contribution in [-0.2, 0) is 0 Å². The topological polar surface area (TPSA) is 39.5 Å². The standard InChI is InChI=1S/C33H20N2O2/c36-33-31-19-23-8-4-6-12-27(23)35(31)30-17-15-22(20-32(30)37-33)21-14-16-29-26(18-21)25-11-5-7-13-28(25)34(29)24-9-2-1-3-10-24/h1-20H. The zero-order valence-corrected chi connectivity index (χ0v) is 19.8. The van der Waals surface area contributed by atoms with Gasteiger partial charge in [0, 0.05) is 21.8 Å². The number of hydrogen-bond donors (Lipinski definition) is 0. The average Bonchev–Trinajstić information content (AvgIpc) is 3.50. The fourth-order valence-corrected chi connectivity index (χ4v) is 5.68. The van der Waals surface area contributed by atoms with Crippen LogP contribution >= 0.6 is 0 Å². The lowest BCUT2D eigenvalue weighted by Gasteiger charge is -2.09. The molecule has 3 heterocycles. The maximum absolute atomic E-state index is 12.9. The van der Waals surface area contributed by atoms with Crippen LogP contribution in [0.5, 0.6) is 0 Å². The van der Waals surface area contributed by atoms with Crippen molar-refractivity contribution in [3.05, 3.63) is 132 Å². The maximum atomic E-state index is 12.9. The highest BCUT2D eigenvalue weighted by Gasteiger charge is 2.15. The minimum Gasteiger partial charge on any atom is -0.420 e. The third-order valence-electron chi connectivity index (χ3n) is 7.34. The molecule has 8 aromatic rings. The van der Waals surface area contributed by atoms with E-state index in [0.717, 1.165) is 38.8 Å². The van der Waals surface area contributed by atoms with Gasteiger partial charge in [-0.15, -0.1) is 0 Å². The fourth-order valence-electron chi connectivity index (χ4n) is 5.68. The SMILES string of the molecule is O=c1oc2cc(-c3ccc4c(c3)c3ccccc3n4-c3ccccc3)ccc2n2c1cc1ccccc12. The molecule has 174 valence electrons. The van der Waals surface area contributed by atoms with E-state index in [0.29, 0.717) is 11.1 Å². The molecule has 4 nitrogen and oxygen atoms in total. The van der Waals surface area contributed by atoms with Gasteiger partial charge in [0.05, 0.1) is 22.1 Å². The Labute approximate surface area is 211 Å². The molecule has 0 bridgehead atoms. The molecule has 0 saturated heterocycles. The van der Waals surface area contributed by atoms with Crippen molar-refractivity contribution in [3.63, 3.8) is 0 Å². The molecule has 0 unspecified atom stereocenters. The van der Waals surface area contributed by atoms with Crippen LogP contribution in [0, 0.1) is 0 Å². The minimum absolute atomic E-state index is 0.331. The molecule has 8 rings (SSSR count). The van der Waals surface area contributed by atoms with E-state index < -0.39 is 0 Å². The van der Waals surface area contributed by atoms with Crippen molar-refractivity contribution in [2.24, 2.45) is 0 Å². The van der Waals surface area contributed by atoms with E-state index in [1.54, 1.807) is 0 Å². The summed E-state index contributed by atoms with van der Waals surface area (Å²) in [5.74, 6) is 0. The van der Waals surface area contributed by atoms with Crippen molar-refractivity contribution in [1.82, 2.24) is 8.97 Å². The molecule has 0 spiro atoms. The van der Waals surface area contributed by atoms with Gasteiger partial charge in [-0.3, -0.25) is 4.40 Å². The van der Waals surface area contributed by atoms with Crippen LogP contribution in [0.25, 0.3) is 66.1 Å². The van der Waals surface area contributed by atoms with Gasteiger partial charge < -0.3 is 8.98 Å². The molecule has 0 aliphatic carbocycles. The van der Waals surface area contributed by atoms with Crippen LogP contribution in [0.1, 0.15) is 0 Å². The van der Waals surface area contributed by atoms with E-state index in [1.807, 2.05) is 52.9 Å². The summed E-state index contributed by atoms with van der Waals surface area (Å²) in [7, 11) is 0. The Bertz CT molecular complexity index is 2220. The van der Waals surface area contributed by atoms with Crippen molar-refractivity contribution < 1.29 is 4.42 Å². The quantitative estimate of drug-likeness (QED) is 0.254. The molecule has 0 aliphatic rings. The summed E-state index contributed by atoms with van der Waals surface area (Å²) in [6, 6.07) is 41.6. The minimum atomic E-state index is -0.331. The normalized spacial score (nSPS) is 11.9. The lowest BCUT2D eigenvalue weighted by Crippen LogP contribution is -2.04. The molecular weight excluding hydrogens is 456 g/mol. The second-order valence-corrected chi connectivity index (χ2v) is 9.42. The third-order valence-corrected chi connectivity index (χ3v) is 7.34. The van der Waals surface area contributed by atoms with Crippen molar-refractivity contribution in [2.45, 2.75) is 0 Å². The van der Waals surface area contributed by atoms with Crippen LogP contribution in [0.15, 0.2) is 131 Å². The zero-order valence-electron chi connectivity index (χ0n) is 19.8. The number of rotatable bonds is 2. The highest BCUT2D eigenvalue weighted by molar-refractivity contribution is 6.10. The predicted octanol–water partition coefficient (Wildman–Crippen LogP) is 7.96. The van der Waals surface area contributed by atoms with E-state index in [-0.39, 0.29) is 5.63 Å². The van der Waals surface area contributed by atoms with Gasteiger partial charge in [0.15, 0.2) is 5.58 Å². The first-order valence-electron chi connectivity index (χ1n) is 12.3. The second kappa shape index (κ2) is 7.45. The Morgan fingerprint density at radius 2 is 1.19 bits per heavy atom. The Balaban J connectivity index is 1.37. The Morgan fingerprint density at radius 1 is 0.514 bits per heavy atom. The number of aromatic nitrogens is 2. The van der Waals surface area contributed by atoms with E-state index in [1.165, 1.54) is 16.3 Å². The fraction of sp³-hybridized carbons (Fsp3) is 0. The number of fused-ring (bicyclic) bond motifs is 8. The molecule has 0 amide bonds. The lowest BCUT2D eigenvalue weighted by molar-refractivity contribution is 0.563. The molecule has 0 saturated carbocycles. The van der Waals surface area contributed by atoms with Gasteiger partial charge in [-0.05, 0) is 65.7 Å². The first-order valence-corrected chi connectivity index (χ1v) is 12.3. The van der Waals surface area contributed by atoms with E-state index in [9.17, 15) is 4.79 Å². The van der Waals surface area contributed by atoms with Gasteiger partial charge in [0.1, 0.15) is 5.52 Å². The Hall–Kier alpha value is -5.09. The molecule has 3 aromatic heterocycles. The zero-order chi connectivity index (χ0) is 24.5. The predicted molar refractivity (Wildman–Crippen MR) is 151 cm³/mol. The van der Waals surface area contributed by atoms with E-state index in [2.05, 4.69) is 77.4 Å². The first kappa shape index (κ1) is 20.1. The monoisotopic (exact) mass is 476 g/mol. The summed E-state index contributed by atoms with van der Waals surface area (Å²) in [4.78, 5) is 12.9. The van der Waals surface area contributed by atoms with Crippen LogP contribution in [-0.4, -0.2) is 8.97 Å². The van der Waals surface area contributed by atoms with Gasteiger partial charge in [0.2, 0.25) is 0 Å². The number of nitrogens with zero attached hydrogens (tertiary/aromatic N) is 2. The Morgan fingerprint density at radius 3 is 2.05 bits per heavy atom. The summed E-state index contributed by atoms with van der Waals surface area (Å²) in [6.45, 7) is 0. The summed E-state index contributed by atoms with van der Waals surface area (Å²) < 4.78 is 10.1. The molecule has 0 N–H and O–H groups in total. The number of hydrogen-bond acceptors (Lipinski definition) is 2. The van der Waals surface area contributed by atoms with Gasteiger partial charge in [-0.2, -0.15) is 0 Å². The third kappa shape index (κ3) is 2.87. The number of para-hydroxylation sites is 3. The van der Waals surface area contributed by atoms with Gasteiger partial charge in [-0.1, -0.05) is 66.7 Å². The summed E-state index contributed by atoms with van der Waals surface area (Å²) in [6.07, 6.45) is 0. The summed E-state index contributed by atoms with van der Waals surface area (Å²) in [5.41, 5.74) is 8.21. The maximum Gasteiger partial charge on any atom is 0.360 e. The highest BCUT2D eigenvalue weighted by atomic mass is 16.4.